The van der Waals surface area contributed by atoms with Gasteiger partial charge in [0.1, 0.15) is 0 Å². The number of methoxy groups -OCH3 is 1. The number of hydrogen-bond donors (Lipinski definition) is 2. The molecule has 2 aliphatic heterocycles. The van der Waals surface area contributed by atoms with Crippen LogP contribution in [0.4, 0.5) is 4.79 Å². The number of amides is 2. The Labute approximate surface area is 167 Å². The number of ether oxygens (including phenoxy) is 1. The molecule has 3 atom stereocenters. The van der Waals surface area contributed by atoms with E-state index in [4.69, 9.17) is 4.74 Å². The average molecular weight is 386 g/mol. The molecule has 0 bridgehead atoms. The van der Waals surface area contributed by atoms with Gasteiger partial charge in [0.15, 0.2) is 0 Å². The number of urea groups is 1. The lowest BCUT2D eigenvalue weighted by Crippen LogP contribution is -2.50. The molecule has 0 aromatic heterocycles. The lowest BCUT2D eigenvalue weighted by molar-refractivity contribution is -0.136. The second-order valence-corrected chi connectivity index (χ2v) is 8.42. The molecule has 28 heavy (non-hydrogen) atoms. The summed E-state index contributed by atoms with van der Waals surface area (Å²) in [5.74, 6) is 0.780. The summed E-state index contributed by atoms with van der Waals surface area (Å²) in [6, 6.07) is 5.27. The number of nitrogens with one attached hydrogen (secondary N) is 2. The Hall–Kier alpha value is -2.34. The molecule has 2 N–H and O–H groups in total. The third-order valence-corrected chi connectivity index (χ3v) is 5.63. The zero-order valence-electron chi connectivity index (χ0n) is 17.5. The summed E-state index contributed by atoms with van der Waals surface area (Å²) in [4.78, 5) is 27.5. The van der Waals surface area contributed by atoms with E-state index in [0.29, 0.717) is 29.7 Å². The zero-order valence-corrected chi connectivity index (χ0v) is 17.5. The van der Waals surface area contributed by atoms with Crippen LogP contribution in [0.3, 0.4) is 0 Å². The number of rotatable bonds is 4. The van der Waals surface area contributed by atoms with Crippen LogP contribution in [0, 0.1) is 25.7 Å². The maximum atomic E-state index is 12.7. The van der Waals surface area contributed by atoms with Crippen LogP contribution in [0.2, 0.25) is 0 Å². The van der Waals surface area contributed by atoms with Gasteiger partial charge in [0.2, 0.25) is 0 Å². The highest BCUT2D eigenvalue weighted by atomic mass is 16.5. The second kappa shape index (κ2) is 8.35. The van der Waals surface area contributed by atoms with Gasteiger partial charge in [-0.1, -0.05) is 37.6 Å². The molecule has 0 radical (unpaired) electrons. The van der Waals surface area contributed by atoms with Gasteiger partial charge in [-0.2, -0.15) is 0 Å². The Morgan fingerprint density at radius 3 is 2.54 bits per heavy atom. The van der Waals surface area contributed by atoms with Gasteiger partial charge < -0.3 is 15.4 Å². The Bertz CT molecular complexity index is 792. The highest BCUT2D eigenvalue weighted by Gasteiger charge is 2.35. The summed E-state index contributed by atoms with van der Waals surface area (Å²) < 4.78 is 5.10. The fourth-order valence-corrected chi connectivity index (χ4v) is 4.54. The molecule has 0 unspecified atom stereocenters. The smallest absolute Gasteiger partial charge is 0.338 e. The van der Waals surface area contributed by atoms with Gasteiger partial charge >= 0.3 is 12.0 Å². The normalized spacial score (nSPS) is 25.9. The van der Waals surface area contributed by atoms with Crippen LogP contribution in [0.5, 0.6) is 0 Å². The number of aryl methyl sites for hydroxylation is 2. The molecule has 0 saturated carbocycles. The second-order valence-electron chi connectivity index (χ2n) is 8.42. The average Bonchev–Trinajstić information content (AvgIpc) is 2.61. The quantitative estimate of drug-likeness (QED) is 0.782. The van der Waals surface area contributed by atoms with Crippen molar-refractivity contribution < 1.29 is 14.3 Å². The first kappa shape index (κ1) is 20.4. The molecule has 6 nitrogen and oxygen atoms in total. The van der Waals surface area contributed by atoms with Crippen LogP contribution in [0.15, 0.2) is 29.5 Å². The monoisotopic (exact) mass is 385 g/mol. The minimum atomic E-state index is -0.518. The minimum absolute atomic E-state index is 0.285. The largest absolute Gasteiger partial charge is 0.466 e. The van der Waals surface area contributed by atoms with Gasteiger partial charge in [-0.3, -0.25) is 4.90 Å². The van der Waals surface area contributed by atoms with E-state index in [1.807, 2.05) is 32.0 Å². The van der Waals surface area contributed by atoms with Crippen molar-refractivity contribution >= 4 is 12.0 Å². The molecule has 2 aliphatic rings. The van der Waals surface area contributed by atoms with E-state index in [1.54, 1.807) is 0 Å². The Morgan fingerprint density at radius 2 is 1.89 bits per heavy atom. The van der Waals surface area contributed by atoms with Crippen molar-refractivity contribution in [1.82, 2.24) is 15.5 Å². The Kier molecular flexibility index (Phi) is 6.08. The molecule has 0 aliphatic carbocycles. The summed E-state index contributed by atoms with van der Waals surface area (Å²) in [6.45, 7) is 10.9. The van der Waals surface area contributed by atoms with Crippen molar-refractivity contribution in [2.24, 2.45) is 11.8 Å². The molecule has 1 aromatic rings. The van der Waals surface area contributed by atoms with Crippen molar-refractivity contribution in [3.8, 4) is 0 Å². The summed E-state index contributed by atoms with van der Waals surface area (Å²) >= 11 is 0. The van der Waals surface area contributed by atoms with Gasteiger partial charge in [-0.25, -0.2) is 9.59 Å². The third-order valence-electron chi connectivity index (χ3n) is 5.63. The van der Waals surface area contributed by atoms with Gasteiger partial charge in [0, 0.05) is 25.3 Å². The molecule has 6 heteroatoms. The van der Waals surface area contributed by atoms with E-state index < -0.39 is 12.0 Å². The number of likely N-dealkylation sites (tertiary alicyclic amines) is 1. The van der Waals surface area contributed by atoms with E-state index in [-0.39, 0.29) is 6.03 Å². The number of hydrogen-bond acceptors (Lipinski definition) is 4. The third kappa shape index (κ3) is 4.38. The molecule has 1 aromatic carbocycles. The van der Waals surface area contributed by atoms with Gasteiger partial charge in [0.05, 0.1) is 18.7 Å². The first-order valence-electron chi connectivity index (χ1n) is 9.96. The molecule has 2 heterocycles. The first-order chi connectivity index (χ1) is 13.3. The van der Waals surface area contributed by atoms with Crippen LogP contribution in [-0.4, -0.2) is 43.6 Å². The van der Waals surface area contributed by atoms with Crippen molar-refractivity contribution in [1.29, 1.82) is 0 Å². The SMILES string of the molecule is COC(=O)C1=C(CN2C[C@H](C)C[C@H](C)C2)NC(=O)N[C@@H]1c1cc(C)ccc1C. The fraction of sp³-hybridized carbons (Fsp3) is 0.545. The Balaban J connectivity index is 2.02. The van der Waals surface area contributed by atoms with E-state index in [9.17, 15) is 9.59 Å². The predicted molar refractivity (Wildman–Crippen MR) is 109 cm³/mol. The number of benzene rings is 1. The Morgan fingerprint density at radius 1 is 1.21 bits per heavy atom. The molecule has 1 saturated heterocycles. The van der Waals surface area contributed by atoms with Crippen molar-refractivity contribution in [2.45, 2.75) is 40.2 Å². The standard InChI is InChI=1S/C22H31N3O3/c1-13-6-7-16(4)17(9-13)20-19(21(26)28-5)18(23-22(27)24-20)12-25-10-14(2)8-15(3)11-25/h6-7,9,14-15,20H,8,10-12H2,1-5H3,(H2,23,24,27)/t14-,15+,20-/m1/s1. The first-order valence-corrected chi connectivity index (χ1v) is 9.96. The summed E-state index contributed by atoms with van der Waals surface area (Å²) in [6.07, 6.45) is 1.21. The van der Waals surface area contributed by atoms with E-state index in [0.717, 1.165) is 29.8 Å². The van der Waals surface area contributed by atoms with Crippen molar-refractivity contribution in [2.75, 3.05) is 26.7 Å². The molecular weight excluding hydrogens is 354 g/mol. The van der Waals surface area contributed by atoms with Gasteiger partial charge in [-0.15, -0.1) is 0 Å². The zero-order chi connectivity index (χ0) is 20.4. The molecular formula is C22H31N3O3. The molecule has 152 valence electrons. The van der Waals surface area contributed by atoms with Gasteiger partial charge in [-0.05, 0) is 43.2 Å². The van der Waals surface area contributed by atoms with E-state index in [1.165, 1.54) is 13.5 Å². The minimum Gasteiger partial charge on any atom is -0.466 e. The number of carbonyl (C=O) groups is 2. The van der Waals surface area contributed by atoms with Crippen LogP contribution in [0.1, 0.15) is 43.0 Å². The number of carbonyl (C=O) groups excluding carboxylic acids is 2. The molecule has 3 rings (SSSR count). The lowest BCUT2D eigenvalue weighted by Gasteiger charge is -2.37. The number of esters is 1. The van der Waals surface area contributed by atoms with E-state index >= 15 is 0 Å². The topological polar surface area (TPSA) is 70.7 Å². The molecule has 0 spiro atoms. The van der Waals surface area contributed by atoms with Crippen LogP contribution in [0.25, 0.3) is 0 Å². The van der Waals surface area contributed by atoms with Crippen LogP contribution < -0.4 is 10.6 Å². The predicted octanol–water partition coefficient (Wildman–Crippen LogP) is 3.06. The summed E-state index contributed by atoms with van der Waals surface area (Å²) in [5.41, 5.74) is 4.16. The fourth-order valence-electron chi connectivity index (χ4n) is 4.54. The van der Waals surface area contributed by atoms with Gasteiger partial charge in [0.25, 0.3) is 0 Å². The number of nitrogens with zero attached hydrogens (tertiary/aromatic N) is 1. The summed E-state index contributed by atoms with van der Waals surface area (Å²) in [5, 5.41) is 5.80. The van der Waals surface area contributed by atoms with Crippen molar-refractivity contribution in [3.05, 3.63) is 46.2 Å². The maximum Gasteiger partial charge on any atom is 0.338 e. The highest BCUT2D eigenvalue weighted by molar-refractivity contribution is 5.95. The lowest BCUT2D eigenvalue weighted by atomic mass is 9.89. The summed E-state index contributed by atoms with van der Waals surface area (Å²) in [7, 11) is 1.38. The maximum absolute atomic E-state index is 12.7. The molecule has 2 amide bonds. The van der Waals surface area contributed by atoms with Crippen LogP contribution in [-0.2, 0) is 9.53 Å². The van der Waals surface area contributed by atoms with Crippen LogP contribution >= 0.6 is 0 Å². The molecule has 1 fully saturated rings. The van der Waals surface area contributed by atoms with Crippen molar-refractivity contribution in [3.63, 3.8) is 0 Å². The number of piperidine rings is 1. The van der Waals surface area contributed by atoms with E-state index in [2.05, 4.69) is 29.4 Å². The highest BCUT2D eigenvalue weighted by Crippen LogP contribution is 2.31.